The molecule has 0 saturated carbocycles. The van der Waals surface area contributed by atoms with Gasteiger partial charge in [0.2, 0.25) is 0 Å². The van der Waals surface area contributed by atoms with Gasteiger partial charge in [0.1, 0.15) is 0 Å². The lowest BCUT2D eigenvalue weighted by molar-refractivity contribution is 0.208. The van der Waals surface area contributed by atoms with Crippen LogP contribution in [0.1, 0.15) is 16.7 Å². The van der Waals surface area contributed by atoms with Crippen LogP contribution >= 0.6 is 11.3 Å². The average Bonchev–Trinajstić information content (AvgIpc) is 3.06. The van der Waals surface area contributed by atoms with Crippen molar-refractivity contribution < 1.29 is 4.79 Å². The van der Waals surface area contributed by atoms with Gasteiger partial charge >= 0.3 is 6.03 Å². The molecule has 2 heterocycles. The fourth-order valence-electron chi connectivity index (χ4n) is 3.52. The van der Waals surface area contributed by atoms with Gasteiger partial charge in [-0.1, -0.05) is 29.5 Å². The molecule has 6 heteroatoms. The Kier molecular flexibility index (Phi) is 4.74. The Bertz CT molecular complexity index is 989. The highest BCUT2D eigenvalue weighted by molar-refractivity contribution is 7.22. The van der Waals surface area contributed by atoms with E-state index in [1.54, 1.807) is 11.3 Å². The van der Waals surface area contributed by atoms with Crippen LogP contribution in [0, 0.1) is 20.8 Å². The normalized spacial score (nSPS) is 14.6. The van der Waals surface area contributed by atoms with Gasteiger partial charge in [-0.25, -0.2) is 9.78 Å². The topological polar surface area (TPSA) is 48.5 Å². The zero-order chi connectivity index (χ0) is 19.0. The van der Waals surface area contributed by atoms with Gasteiger partial charge in [-0.15, -0.1) is 0 Å². The van der Waals surface area contributed by atoms with Crippen LogP contribution in [0.15, 0.2) is 36.4 Å². The summed E-state index contributed by atoms with van der Waals surface area (Å²) in [5, 5.41) is 4.05. The Balaban J connectivity index is 1.41. The molecule has 1 aliphatic rings. The Labute approximate surface area is 163 Å². The number of urea groups is 1. The average molecular weight is 381 g/mol. The second-order valence-electron chi connectivity index (χ2n) is 7.20. The van der Waals surface area contributed by atoms with Gasteiger partial charge in [-0.05, 0) is 55.7 Å². The molecule has 5 nitrogen and oxygen atoms in total. The molecule has 2 aromatic carbocycles. The number of nitrogens with one attached hydrogen (secondary N) is 1. The van der Waals surface area contributed by atoms with Crippen molar-refractivity contribution >= 4 is 38.4 Å². The van der Waals surface area contributed by atoms with E-state index in [4.69, 9.17) is 4.98 Å². The molecule has 1 saturated heterocycles. The first-order chi connectivity index (χ1) is 13.0. The minimum Gasteiger partial charge on any atom is -0.345 e. The van der Waals surface area contributed by atoms with Crippen LogP contribution in [0.25, 0.3) is 10.2 Å². The highest BCUT2D eigenvalue weighted by Crippen LogP contribution is 2.32. The molecule has 1 fully saturated rings. The maximum Gasteiger partial charge on any atom is 0.321 e. The molecule has 27 heavy (non-hydrogen) atoms. The van der Waals surface area contributed by atoms with Crippen molar-refractivity contribution in [3.8, 4) is 0 Å². The van der Waals surface area contributed by atoms with Crippen molar-refractivity contribution in [3.63, 3.8) is 0 Å². The molecule has 0 radical (unpaired) electrons. The zero-order valence-corrected chi connectivity index (χ0v) is 16.8. The van der Waals surface area contributed by atoms with E-state index in [1.165, 1.54) is 15.8 Å². The summed E-state index contributed by atoms with van der Waals surface area (Å²) >= 11 is 1.74. The molecule has 0 aliphatic carbocycles. The SMILES string of the molecule is Cc1cccc(NC(=O)N2CCN(c3nc4c(C)cc(C)cc4s3)CC2)c1. The molecule has 0 spiro atoms. The molecule has 2 amide bonds. The highest BCUT2D eigenvalue weighted by Gasteiger charge is 2.23. The van der Waals surface area contributed by atoms with Crippen LogP contribution in [0.4, 0.5) is 15.6 Å². The predicted molar refractivity (Wildman–Crippen MR) is 113 cm³/mol. The minimum absolute atomic E-state index is 0.0315. The minimum atomic E-state index is -0.0315. The maximum absolute atomic E-state index is 12.5. The standard InChI is InChI=1S/C21H24N4OS/c1-14-5-4-6-17(12-14)22-20(26)24-7-9-25(10-8-24)21-23-19-16(3)11-15(2)13-18(19)27-21/h4-6,11-13H,7-10H2,1-3H3,(H,22,26). The summed E-state index contributed by atoms with van der Waals surface area (Å²) in [6.45, 7) is 9.27. The first kappa shape index (κ1) is 17.8. The molecule has 0 unspecified atom stereocenters. The summed E-state index contributed by atoms with van der Waals surface area (Å²) in [5.41, 5.74) is 5.58. The van der Waals surface area contributed by atoms with E-state index in [0.717, 1.165) is 35.0 Å². The molecular weight excluding hydrogens is 356 g/mol. The second-order valence-corrected chi connectivity index (χ2v) is 8.21. The number of carbonyl (C=O) groups is 1. The van der Waals surface area contributed by atoms with E-state index < -0.39 is 0 Å². The summed E-state index contributed by atoms with van der Waals surface area (Å²) in [5.74, 6) is 0. The number of nitrogens with zero attached hydrogens (tertiary/aromatic N) is 3. The number of aromatic nitrogens is 1. The molecule has 1 N–H and O–H groups in total. The largest absolute Gasteiger partial charge is 0.345 e. The summed E-state index contributed by atoms with van der Waals surface area (Å²) in [7, 11) is 0. The third kappa shape index (κ3) is 3.76. The smallest absolute Gasteiger partial charge is 0.321 e. The molecule has 4 rings (SSSR count). The number of anilines is 2. The van der Waals surface area contributed by atoms with E-state index in [9.17, 15) is 4.79 Å². The van der Waals surface area contributed by atoms with Gasteiger partial charge in [0.25, 0.3) is 0 Å². The van der Waals surface area contributed by atoms with Gasteiger partial charge in [-0.2, -0.15) is 0 Å². The number of piperazine rings is 1. The van der Waals surface area contributed by atoms with Crippen molar-refractivity contribution in [2.24, 2.45) is 0 Å². The number of fused-ring (bicyclic) bond motifs is 1. The molecule has 0 atom stereocenters. The van der Waals surface area contributed by atoms with E-state index in [-0.39, 0.29) is 6.03 Å². The number of benzene rings is 2. The summed E-state index contributed by atoms with van der Waals surface area (Å²) in [6.07, 6.45) is 0. The van der Waals surface area contributed by atoms with Gasteiger partial charge in [0.05, 0.1) is 10.2 Å². The lowest BCUT2D eigenvalue weighted by Gasteiger charge is -2.34. The van der Waals surface area contributed by atoms with E-state index in [1.807, 2.05) is 36.1 Å². The summed E-state index contributed by atoms with van der Waals surface area (Å²) in [4.78, 5) is 21.5. The first-order valence-electron chi connectivity index (χ1n) is 9.25. The third-order valence-electron chi connectivity index (χ3n) is 4.93. The number of amides is 2. The number of carbonyl (C=O) groups excluding carboxylic acids is 1. The van der Waals surface area contributed by atoms with Crippen molar-refractivity contribution in [3.05, 3.63) is 53.1 Å². The maximum atomic E-state index is 12.5. The van der Waals surface area contributed by atoms with Crippen molar-refractivity contribution in [2.75, 3.05) is 36.4 Å². The predicted octanol–water partition coefficient (Wildman–Crippen LogP) is 4.58. The molecular formula is C21H24N4OS. The fraction of sp³-hybridized carbons (Fsp3) is 0.333. The highest BCUT2D eigenvalue weighted by atomic mass is 32.1. The Morgan fingerprint density at radius 1 is 1.04 bits per heavy atom. The Hall–Kier alpha value is -2.60. The molecule has 1 aromatic heterocycles. The molecule has 140 valence electrons. The summed E-state index contributed by atoms with van der Waals surface area (Å²) in [6, 6.07) is 12.2. The third-order valence-corrected chi connectivity index (χ3v) is 5.99. The number of thiazole rings is 1. The molecule has 3 aromatic rings. The van der Waals surface area contributed by atoms with Crippen LogP contribution in [0.3, 0.4) is 0 Å². The van der Waals surface area contributed by atoms with E-state index in [0.29, 0.717) is 13.1 Å². The monoisotopic (exact) mass is 380 g/mol. The van der Waals surface area contributed by atoms with Crippen LogP contribution in [-0.4, -0.2) is 42.1 Å². The van der Waals surface area contributed by atoms with Crippen LogP contribution < -0.4 is 10.2 Å². The molecule has 1 aliphatic heterocycles. The van der Waals surface area contributed by atoms with E-state index in [2.05, 4.69) is 36.2 Å². The Morgan fingerprint density at radius 2 is 1.81 bits per heavy atom. The lowest BCUT2D eigenvalue weighted by atomic mass is 10.1. The number of hydrogen-bond donors (Lipinski definition) is 1. The van der Waals surface area contributed by atoms with Gasteiger partial charge in [0.15, 0.2) is 5.13 Å². The number of hydrogen-bond acceptors (Lipinski definition) is 4. The van der Waals surface area contributed by atoms with Crippen molar-refractivity contribution in [1.29, 1.82) is 0 Å². The Morgan fingerprint density at radius 3 is 2.56 bits per heavy atom. The summed E-state index contributed by atoms with van der Waals surface area (Å²) < 4.78 is 1.24. The second kappa shape index (κ2) is 7.19. The van der Waals surface area contributed by atoms with Gasteiger partial charge in [0, 0.05) is 31.9 Å². The number of rotatable bonds is 2. The lowest BCUT2D eigenvalue weighted by Crippen LogP contribution is -2.50. The van der Waals surface area contributed by atoms with E-state index >= 15 is 0 Å². The van der Waals surface area contributed by atoms with Gasteiger partial charge in [-0.3, -0.25) is 0 Å². The quantitative estimate of drug-likeness (QED) is 0.708. The van der Waals surface area contributed by atoms with Crippen LogP contribution in [-0.2, 0) is 0 Å². The van der Waals surface area contributed by atoms with Crippen molar-refractivity contribution in [2.45, 2.75) is 20.8 Å². The van der Waals surface area contributed by atoms with Crippen LogP contribution in [0.5, 0.6) is 0 Å². The van der Waals surface area contributed by atoms with Gasteiger partial charge < -0.3 is 15.1 Å². The number of aryl methyl sites for hydroxylation is 3. The fourth-order valence-corrected chi connectivity index (χ4v) is 4.71. The first-order valence-corrected chi connectivity index (χ1v) is 10.1. The van der Waals surface area contributed by atoms with Crippen molar-refractivity contribution in [1.82, 2.24) is 9.88 Å². The van der Waals surface area contributed by atoms with Crippen LogP contribution in [0.2, 0.25) is 0 Å². The zero-order valence-electron chi connectivity index (χ0n) is 16.0. The molecule has 0 bridgehead atoms.